The maximum atomic E-state index is 12.8. The first-order valence-corrected chi connectivity index (χ1v) is 9.12. The summed E-state index contributed by atoms with van der Waals surface area (Å²) in [5.74, 6) is 0.843. The number of amides is 1. The molecule has 134 valence electrons. The maximum Gasteiger partial charge on any atom is 0.229 e. The third-order valence-corrected chi connectivity index (χ3v) is 5.56. The van der Waals surface area contributed by atoms with Crippen LogP contribution in [0.4, 0.5) is 0 Å². The van der Waals surface area contributed by atoms with Crippen molar-refractivity contribution in [3.8, 4) is 0 Å². The summed E-state index contributed by atoms with van der Waals surface area (Å²) in [7, 11) is 2.01. The summed E-state index contributed by atoms with van der Waals surface area (Å²) >= 11 is 0. The quantitative estimate of drug-likeness (QED) is 0.901. The number of benzene rings is 1. The number of nitrogens with zero attached hydrogens (tertiary/aromatic N) is 3. The van der Waals surface area contributed by atoms with Crippen molar-refractivity contribution in [3.63, 3.8) is 0 Å². The van der Waals surface area contributed by atoms with Crippen LogP contribution in [0.2, 0.25) is 0 Å². The number of oxazole rings is 1. The van der Waals surface area contributed by atoms with Gasteiger partial charge in [0, 0.05) is 32.1 Å². The van der Waals surface area contributed by atoms with Gasteiger partial charge in [0.1, 0.15) is 5.52 Å². The van der Waals surface area contributed by atoms with Gasteiger partial charge in [-0.3, -0.25) is 4.79 Å². The number of likely N-dealkylation sites (tertiary alicyclic amines) is 2. The van der Waals surface area contributed by atoms with Crippen molar-refractivity contribution in [2.24, 2.45) is 5.92 Å². The number of piperidine rings is 2. The van der Waals surface area contributed by atoms with Crippen molar-refractivity contribution < 1.29 is 14.3 Å². The van der Waals surface area contributed by atoms with Gasteiger partial charge in [-0.2, -0.15) is 0 Å². The van der Waals surface area contributed by atoms with Crippen LogP contribution in [0.1, 0.15) is 31.1 Å². The number of hydrogen-bond acceptors (Lipinski definition) is 5. The highest BCUT2D eigenvalue weighted by Crippen LogP contribution is 2.31. The second-order valence-electron chi connectivity index (χ2n) is 7.34. The zero-order chi connectivity index (χ0) is 17.4. The smallest absolute Gasteiger partial charge is 0.229 e. The Kier molecular flexibility index (Phi) is 4.48. The second kappa shape index (κ2) is 6.77. The zero-order valence-electron chi connectivity index (χ0n) is 14.6. The molecule has 1 aromatic heterocycles. The van der Waals surface area contributed by atoms with E-state index in [9.17, 15) is 9.90 Å². The van der Waals surface area contributed by atoms with Crippen molar-refractivity contribution >= 4 is 17.0 Å². The highest BCUT2D eigenvalue weighted by molar-refractivity contribution is 5.80. The number of aromatic nitrogens is 1. The van der Waals surface area contributed by atoms with Crippen LogP contribution in [0.5, 0.6) is 0 Å². The minimum atomic E-state index is -0.515. The van der Waals surface area contributed by atoms with Gasteiger partial charge >= 0.3 is 0 Å². The summed E-state index contributed by atoms with van der Waals surface area (Å²) in [4.78, 5) is 21.4. The third-order valence-electron chi connectivity index (χ3n) is 5.56. The summed E-state index contributed by atoms with van der Waals surface area (Å²) in [6, 6.07) is 7.81. The lowest BCUT2D eigenvalue weighted by Crippen LogP contribution is -2.51. The van der Waals surface area contributed by atoms with Gasteiger partial charge in [-0.1, -0.05) is 12.1 Å². The predicted octanol–water partition coefficient (Wildman–Crippen LogP) is 1.85. The first-order chi connectivity index (χ1) is 12.1. The van der Waals surface area contributed by atoms with Crippen LogP contribution in [0.15, 0.2) is 28.7 Å². The second-order valence-corrected chi connectivity index (χ2v) is 7.34. The summed E-state index contributed by atoms with van der Waals surface area (Å²) in [6.45, 7) is 2.90. The molecule has 0 saturated carbocycles. The SMILES string of the molecule is CN1CC[C@H](O)[C@H](C(=O)N2CCC(c3nc4ccccc4o3)CC2)C1. The van der Waals surface area contributed by atoms with E-state index in [1.807, 2.05) is 36.2 Å². The Balaban J connectivity index is 1.40. The number of carbonyl (C=O) groups excluding carboxylic acids is 1. The minimum absolute atomic E-state index is 0.0927. The molecule has 25 heavy (non-hydrogen) atoms. The number of rotatable bonds is 2. The van der Waals surface area contributed by atoms with Gasteiger partial charge in [-0.05, 0) is 38.4 Å². The van der Waals surface area contributed by atoms with E-state index >= 15 is 0 Å². The van der Waals surface area contributed by atoms with E-state index in [0.717, 1.165) is 36.4 Å². The average molecular weight is 343 g/mol. The van der Waals surface area contributed by atoms with E-state index < -0.39 is 6.10 Å². The average Bonchev–Trinajstić information content (AvgIpc) is 3.07. The van der Waals surface area contributed by atoms with E-state index in [4.69, 9.17) is 4.42 Å². The molecule has 6 heteroatoms. The number of para-hydroxylation sites is 2. The van der Waals surface area contributed by atoms with Gasteiger partial charge in [-0.25, -0.2) is 4.98 Å². The normalized spacial score (nSPS) is 26.2. The first-order valence-electron chi connectivity index (χ1n) is 9.12. The Morgan fingerprint density at radius 3 is 2.72 bits per heavy atom. The molecular weight excluding hydrogens is 318 g/mol. The number of fused-ring (bicyclic) bond motifs is 1. The Bertz CT molecular complexity index is 718. The number of aliphatic hydroxyl groups is 1. The van der Waals surface area contributed by atoms with Gasteiger partial charge in [-0.15, -0.1) is 0 Å². The van der Waals surface area contributed by atoms with Crippen LogP contribution in [-0.2, 0) is 4.79 Å². The molecule has 0 radical (unpaired) electrons. The fourth-order valence-electron chi connectivity index (χ4n) is 3.99. The number of carbonyl (C=O) groups is 1. The van der Waals surface area contributed by atoms with Gasteiger partial charge < -0.3 is 19.3 Å². The fraction of sp³-hybridized carbons (Fsp3) is 0.579. The molecule has 0 bridgehead atoms. The molecule has 2 aliphatic rings. The molecule has 2 aliphatic heterocycles. The summed E-state index contributed by atoms with van der Waals surface area (Å²) < 4.78 is 5.89. The molecule has 4 rings (SSSR count). The van der Waals surface area contributed by atoms with Crippen LogP contribution in [0.3, 0.4) is 0 Å². The predicted molar refractivity (Wildman–Crippen MR) is 94.2 cm³/mol. The van der Waals surface area contributed by atoms with Crippen molar-refractivity contribution in [1.29, 1.82) is 0 Å². The molecule has 1 aromatic carbocycles. The van der Waals surface area contributed by atoms with Gasteiger partial charge in [0.05, 0.1) is 12.0 Å². The molecule has 6 nitrogen and oxygen atoms in total. The van der Waals surface area contributed by atoms with Gasteiger partial charge in [0.25, 0.3) is 0 Å². The highest BCUT2D eigenvalue weighted by atomic mass is 16.3. The Morgan fingerprint density at radius 2 is 1.96 bits per heavy atom. The van der Waals surface area contributed by atoms with Gasteiger partial charge in [0.15, 0.2) is 11.5 Å². The first kappa shape index (κ1) is 16.5. The van der Waals surface area contributed by atoms with E-state index in [-0.39, 0.29) is 17.7 Å². The summed E-state index contributed by atoms with van der Waals surface area (Å²) in [5, 5.41) is 10.2. The highest BCUT2D eigenvalue weighted by Gasteiger charge is 2.36. The lowest BCUT2D eigenvalue weighted by atomic mass is 9.91. The molecule has 2 aromatic rings. The fourth-order valence-corrected chi connectivity index (χ4v) is 3.99. The van der Waals surface area contributed by atoms with Crippen molar-refractivity contribution in [1.82, 2.24) is 14.8 Å². The van der Waals surface area contributed by atoms with E-state index in [1.54, 1.807) is 0 Å². The van der Waals surface area contributed by atoms with Crippen molar-refractivity contribution in [2.75, 3.05) is 33.2 Å². The monoisotopic (exact) mass is 343 g/mol. The minimum Gasteiger partial charge on any atom is -0.440 e. The third kappa shape index (κ3) is 3.28. The lowest BCUT2D eigenvalue weighted by Gasteiger charge is -2.38. The van der Waals surface area contributed by atoms with Crippen molar-refractivity contribution in [3.05, 3.63) is 30.2 Å². The molecule has 1 N–H and O–H groups in total. The molecule has 2 saturated heterocycles. The Hall–Kier alpha value is -1.92. The van der Waals surface area contributed by atoms with E-state index in [1.165, 1.54) is 0 Å². The molecule has 0 spiro atoms. The molecule has 2 atom stereocenters. The van der Waals surface area contributed by atoms with Crippen LogP contribution in [0, 0.1) is 5.92 Å². The number of hydrogen-bond donors (Lipinski definition) is 1. The Labute approximate surface area is 147 Å². The summed E-state index contributed by atoms with van der Waals surface area (Å²) in [5.41, 5.74) is 1.72. The largest absolute Gasteiger partial charge is 0.440 e. The van der Waals surface area contributed by atoms with Crippen LogP contribution < -0.4 is 0 Å². The van der Waals surface area contributed by atoms with Gasteiger partial charge in [0.2, 0.25) is 5.91 Å². The van der Waals surface area contributed by atoms with Crippen LogP contribution in [0.25, 0.3) is 11.1 Å². The molecule has 1 amide bonds. The molecular formula is C19H25N3O3. The summed E-state index contributed by atoms with van der Waals surface area (Å²) in [6.07, 6.45) is 1.87. The van der Waals surface area contributed by atoms with Crippen LogP contribution >= 0.6 is 0 Å². The topological polar surface area (TPSA) is 69.8 Å². The molecule has 0 aliphatic carbocycles. The van der Waals surface area contributed by atoms with E-state index in [0.29, 0.717) is 26.1 Å². The van der Waals surface area contributed by atoms with Crippen LogP contribution in [-0.4, -0.2) is 65.1 Å². The number of aliphatic hydroxyl groups excluding tert-OH is 1. The molecule has 0 unspecified atom stereocenters. The standard InChI is InChI=1S/C19H25N3O3/c1-21-9-8-16(23)14(12-21)19(24)22-10-6-13(7-11-22)18-20-15-4-2-3-5-17(15)25-18/h2-5,13-14,16,23H,6-12H2,1H3/t14-,16+/m1/s1. The van der Waals surface area contributed by atoms with E-state index in [2.05, 4.69) is 9.88 Å². The zero-order valence-corrected chi connectivity index (χ0v) is 14.6. The molecule has 2 fully saturated rings. The maximum absolute atomic E-state index is 12.8. The van der Waals surface area contributed by atoms with Crippen molar-refractivity contribution in [2.45, 2.75) is 31.3 Å². The lowest BCUT2D eigenvalue weighted by molar-refractivity contribution is -0.143. The molecule has 3 heterocycles. The Morgan fingerprint density at radius 1 is 1.20 bits per heavy atom.